The summed E-state index contributed by atoms with van der Waals surface area (Å²) in [6.45, 7) is 5.74. The van der Waals surface area contributed by atoms with Gasteiger partial charge in [-0.05, 0) is 32.4 Å². The molecule has 0 aliphatic heterocycles. The lowest BCUT2D eigenvalue weighted by Crippen LogP contribution is -2.41. The molecule has 0 saturated heterocycles. The number of benzene rings is 1. The SMILES string of the molecule is CCC(O)C(C)(C)Oc1ccccc1. The Morgan fingerprint density at radius 2 is 1.86 bits per heavy atom. The van der Waals surface area contributed by atoms with Crippen LogP contribution in [0.2, 0.25) is 0 Å². The third kappa shape index (κ3) is 2.74. The van der Waals surface area contributed by atoms with Crippen molar-refractivity contribution in [2.45, 2.75) is 38.9 Å². The summed E-state index contributed by atoms with van der Waals surface area (Å²) in [7, 11) is 0. The summed E-state index contributed by atoms with van der Waals surface area (Å²) in [5, 5.41) is 9.72. The van der Waals surface area contributed by atoms with Crippen LogP contribution in [-0.4, -0.2) is 16.8 Å². The Balaban J connectivity index is 2.68. The first-order valence-corrected chi connectivity index (χ1v) is 4.98. The molecular weight excluding hydrogens is 176 g/mol. The van der Waals surface area contributed by atoms with Crippen LogP contribution in [0.15, 0.2) is 30.3 Å². The van der Waals surface area contributed by atoms with Gasteiger partial charge in [0.1, 0.15) is 11.4 Å². The summed E-state index contributed by atoms with van der Waals surface area (Å²) in [6, 6.07) is 9.57. The van der Waals surface area contributed by atoms with Crippen molar-refractivity contribution in [2.24, 2.45) is 0 Å². The van der Waals surface area contributed by atoms with Gasteiger partial charge in [-0.15, -0.1) is 0 Å². The fourth-order valence-electron chi connectivity index (χ4n) is 1.35. The lowest BCUT2D eigenvalue weighted by atomic mass is 9.99. The highest BCUT2D eigenvalue weighted by Gasteiger charge is 2.28. The van der Waals surface area contributed by atoms with E-state index in [1.165, 1.54) is 0 Å². The highest BCUT2D eigenvalue weighted by atomic mass is 16.5. The second-order valence-electron chi connectivity index (χ2n) is 3.94. The van der Waals surface area contributed by atoms with Gasteiger partial charge in [-0.25, -0.2) is 0 Å². The van der Waals surface area contributed by atoms with Gasteiger partial charge in [-0.1, -0.05) is 25.1 Å². The van der Waals surface area contributed by atoms with E-state index in [0.29, 0.717) is 6.42 Å². The quantitative estimate of drug-likeness (QED) is 0.798. The van der Waals surface area contributed by atoms with E-state index in [1.54, 1.807) is 0 Å². The smallest absolute Gasteiger partial charge is 0.129 e. The van der Waals surface area contributed by atoms with Crippen molar-refractivity contribution >= 4 is 0 Å². The van der Waals surface area contributed by atoms with Crippen LogP contribution in [0, 0.1) is 0 Å². The number of aliphatic hydroxyl groups excluding tert-OH is 1. The van der Waals surface area contributed by atoms with Gasteiger partial charge >= 0.3 is 0 Å². The van der Waals surface area contributed by atoms with E-state index in [2.05, 4.69) is 0 Å². The van der Waals surface area contributed by atoms with Crippen molar-refractivity contribution in [1.29, 1.82) is 0 Å². The van der Waals surface area contributed by atoms with E-state index in [-0.39, 0.29) is 0 Å². The standard InChI is InChI=1S/C12H18O2/c1-4-11(13)12(2,3)14-10-8-6-5-7-9-10/h5-9,11,13H,4H2,1-3H3. The van der Waals surface area contributed by atoms with E-state index in [4.69, 9.17) is 4.74 Å². The summed E-state index contributed by atoms with van der Waals surface area (Å²) in [5.41, 5.74) is -0.532. The van der Waals surface area contributed by atoms with E-state index in [9.17, 15) is 5.11 Å². The molecule has 0 heterocycles. The molecule has 2 nitrogen and oxygen atoms in total. The Labute approximate surface area is 85.5 Å². The minimum Gasteiger partial charge on any atom is -0.485 e. The van der Waals surface area contributed by atoms with E-state index >= 15 is 0 Å². The molecule has 1 rings (SSSR count). The zero-order valence-electron chi connectivity index (χ0n) is 9.03. The number of rotatable bonds is 4. The predicted molar refractivity (Wildman–Crippen MR) is 57.4 cm³/mol. The first-order chi connectivity index (χ1) is 6.56. The molecule has 1 aromatic rings. The van der Waals surface area contributed by atoms with Gasteiger partial charge in [0, 0.05) is 0 Å². The summed E-state index contributed by atoms with van der Waals surface area (Å²) < 4.78 is 5.70. The molecule has 0 aliphatic rings. The monoisotopic (exact) mass is 194 g/mol. The van der Waals surface area contributed by atoms with Crippen molar-refractivity contribution in [1.82, 2.24) is 0 Å². The van der Waals surface area contributed by atoms with Crippen LogP contribution in [-0.2, 0) is 0 Å². The average molecular weight is 194 g/mol. The van der Waals surface area contributed by atoms with Crippen LogP contribution >= 0.6 is 0 Å². The molecule has 14 heavy (non-hydrogen) atoms. The van der Waals surface area contributed by atoms with Gasteiger partial charge in [0.05, 0.1) is 6.10 Å². The van der Waals surface area contributed by atoms with Crippen LogP contribution in [0.1, 0.15) is 27.2 Å². The van der Waals surface area contributed by atoms with Crippen molar-refractivity contribution in [3.63, 3.8) is 0 Å². The zero-order valence-corrected chi connectivity index (χ0v) is 9.03. The summed E-state index contributed by atoms with van der Waals surface area (Å²) in [4.78, 5) is 0. The molecule has 0 saturated carbocycles. The minimum atomic E-state index is -0.532. The molecule has 0 radical (unpaired) electrons. The zero-order chi connectivity index (χ0) is 10.6. The molecule has 0 fully saturated rings. The first-order valence-electron chi connectivity index (χ1n) is 4.98. The third-order valence-corrected chi connectivity index (χ3v) is 2.31. The Morgan fingerprint density at radius 3 is 2.36 bits per heavy atom. The van der Waals surface area contributed by atoms with Gasteiger partial charge < -0.3 is 9.84 Å². The Kier molecular flexibility index (Phi) is 3.53. The fourth-order valence-corrected chi connectivity index (χ4v) is 1.35. The maximum atomic E-state index is 9.72. The number of ether oxygens (including phenoxy) is 1. The van der Waals surface area contributed by atoms with Gasteiger partial charge in [0.15, 0.2) is 0 Å². The highest BCUT2D eigenvalue weighted by molar-refractivity contribution is 5.22. The first kappa shape index (κ1) is 11.1. The van der Waals surface area contributed by atoms with E-state index < -0.39 is 11.7 Å². The lowest BCUT2D eigenvalue weighted by Gasteiger charge is -2.30. The molecule has 1 N–H and O–H groups in total. The Bertz CT molecular complexity index is 267. The number of hydrogen-bond acceptors (Lipinski definition) is 2. The second-order valence-corrected chi connectivity index (χ2v) is 3.94. The topological polar surface area (TPSA) is 29.5 Å². The van der Waals surface area contributed by atoms with Crippen LogP contribution in [0.25, 0.3) is 0 Å². The normalized spacial score (nSPS) is 13.7. The van der Waals surface area contributed by atoms with Gasteiger partial charge in [-0.3, -0.25) is 0 Å². The van der Waals surface area contributed by atoms with E-state index in [0.717, 1.165) is 5.75 Å². The average Bonchev–Trinajstić information content (AvgIpc) is 2.17. The maximum absolute atomic E-state index is 9.72. The van der Waals surface area contributed by atoms with Gasteiger partial charge in [0.25, 0.3) is 0 Å². The number of hydrogen-bond donors (Lipinski definition) is 1. The largest absolute Gasteiger partial charge is 0.485 e. The minimum absolute atomic E-state index is 0.442. The van der Waals surface area contributed by atoms with Crippen molar-refractivity contribution in [2.75, 3.05) is 0 Å². The second kappa shape index (κ2) is 4.47. The summed E-state index contributed by atoms with van der Waals surface area (Å²) in [6.07, 6.45) is 0.252. The predicted octanol–water partition coefficient (Wildman–Crippen LogP) is 2.61. The van der Waals surface area contributed by atoms with E-state index in [1.807, 2.05) is 51.1 Å². The van der Waals surface area contributed by atoms with Crippen molar-refractivity contribution in [3.8, 4) is 5.75 Å². The van der Waals surface area contributed by atoms with Gasteiger partial charge in [-0.2, -0.15) is 0 Å². The molecule has 0 aliphatic carbocycles. The molecule has 0 aromatic heterocycles. The van der Waals surface area contributed by atoms with Crippen LogP contribution < -0.4 is 4.74 Å². The molecule has 78 valence electrons. The molecule has 1 aromatic carbocycles. The molecule has 1 atom stereocenters. The maximum Gasteiger partial charge on any atom is 0.129 e. The van der Waals surface area contributed by atoms with Gasteiger partial charge in [0.2, 0.25) is 0 Å². The lowest BCUT2D eigenvalue weighted by molar-refractivity contribution is -0.0297. The molecule has 2 heteroatoms. The Morgan fingerprint density at radius 1 is 1.29 bits per heavy atom. The number of aliphatic hydroxyl groups is 1. The third-order valence-electron chi connectivity index (χ3n) is 2.31. The molecule has 0 spiro atoms. The molecule has 0 bridgehead atoms. The summed E-state index contributed by atoms with van der Waals surface area (Å²) in [5.74, 6) is 0.796. The molecule has 1 unspecified atom stereocenters. The van der Waals surface area contributed by atoms with Crippen molar-refractivity contribution in [3.05, 3.63) is 30.3 Å². The number of para-hydroxylation sites is 1. The summed E-state index contributed by atoms with van der Waals surface area (Å²) >= 11 is 0. The Hall–Kier alpha value is -1.02. The molecule has 0 amide bonds. The molecular formula is C12H18O2. The van der Waals surface area contributed by atoms with Crippen LogP contribution in [0.5, 0.6) is 5.75 Å². The highest BCUT2D eigenvalue weighted by Crippen LogP contribution is 2.21. The van der Waals surface area contributed by atoms with Crippen molar-refractivity contribution < 1.29 is 9.84 Å². The fraction of sp³-hybridized carbons (Fsp3) is 0.500. The van der Waals surface area contributed by atoms with Crippen LogP contribution in [0.3, 0.4) is 0 Å². The van der Waals surface area contributed by atoms with Crippen LogP contribution in [0.4, 0.5) is 0 Å².